The molecule has 0 aliphatic rings. The molecule has 0 aromatic heterocycles. The second kappa shape index (κ2) is 8.70. The van der Waals surface area contributed by atoms with Crippen molar-refractivity contribution < 1.29 is 9.47 Å². The van der Waals surface area contributed by atoms with Crippen molar-refractivity contribution in [2.75, 3.05) is 26.4 Å². The molecule has 0 amide bonds. The molecule has 0 aromatic rings. The van der Waals surface area contributed by atoms with Crippen molar-refractivity contribution in [3.8, 4) is 6.07 Å². The lowest BCUT2D eigenvalue weighted by Crippen LogP contribution is -2.13. The molecule has 0 spiro atoms. The summed E-state index contributed by atoms with van der Waals surface area (Å²) in [6.07, 6.45) is 3.05. The van der Waals surface area contributed by atoms with Crippen LogP contribution in [0.4, 0.5) is 0 Å². The Hall–Kier alpha value is -0.590. The van der Waals surface area contributed by atoms with E-state index in [1.807, 2.05) is 13.8 Å². The van der Waals surface area contributed by atoms with E-state index >= 15 is 0 Å². The van der Waals surface area contributed by atoms with Gasteiger partial charge in [-0.05, 0) is 26.7 Å². The number of rotatable bonds is 9. The van der Waals surface area contributed by atoms with Gasteiger partial charge in [-0.15, -0.1) is 0 Å². The summed E-state index contributed by atoms with van der Waals surface area (Å²) in [6.45, 7) is 8.74. The average molecular weight is 213 g/mol. The number of nitriles is 1. The van der Waals surface area contributed by atoms with E-state index in [1.165, 1.54) is 0 Å². The monoisotopic (exact) mass is 213 g/mol. The number of hydrogen-bond acceptors (Lipinski definition) is 3. The first kappa shape index (κ1) is 14.4. The van der Waals surface area contributed by atoms with Gasteiger partial charge in [-0.25, -0.2) is 0 Å². The molecule has 0 unspecified atom stereocenters. The molecule has 0 heterocycles. The Morgan fingerprint density at radius 3 is 2.20 bits per heavy atom. The molecular weight excluding hydrogens is 190 g/mol. The van der Waals surface area contributed by atoms with Crippen molar-refractivity contribution in [1.29, 1.82) is 5.26 Å². The van der Waals surface area contributed by atoms with Gasteiger partial charge in [-0.2, -0.15) is 5.26 Å². The zero-order valence-electron chi connectivity index (χ0n) is 10.2. The highest BCUT2D eigenvalue weighted by molar-refractivity contribution is 4.91. The minimum absolute atomic E-state index is 0.275. The minimum Gasteiger partial charge on any atom is -0.379 e. The topological polar surface area (TPSA) is 42.2 Å². The highest BCUT2D eigenvalue weighted by Gasteiger charge is 2.15. The van der Waals surface area contributed by atoms with E-state index in [-0.39, 0.29) is 5.41 Å². The van der Waals surface area contributed by atoms with E-state index in [4.69, 9.17) is 14.7 Å². The normalized spacial score (nSPS) is 11.3. The van der Waals surface area contributed by atoms with Crippen LogP contribution in [0.2, 0.25) is 0 Å². The Morgan fingerprint density at radius 1 is 1.07 bits per heavy atom. The summed E-state index contributed by atoms with van der Waals surface area (Å²) in [5, 5.41) is 8.76. The van der Waals surface area contributed by atoms with Gasteiger partial charge in [0, 0.05) is 13.2 Å². The highest BCUT2D eigenvalue weighted by atomic mass is 16.5. The Morgan fingerprint density at radius 2 is 1.67 bits per heavy atom. The molecule has 0 radical (unpaired) electrons. The highest BCUT2D eigenvalue weighted by Crippen LogP contribution is 2.17. The molecule has 0 saturated carbocycles. The molecule has 0 aromatic carbocycles. The molecule has 0 fully saturated rings. The van der Waals surface area contributed by atoms with Gasteiger partial charge in [-0.1, -0.05) is 13.3 Å². The van der Waals surface area contributed by atoms with E-state index < -0.39 is 0 Å². The predicted molar refractivity (Wildman–Crippen MR) is 60.6 cm³/mol. The van der Waals surface area contributed by atoms with Crippen LogP contribution in [0.5, 0.6) is 0 Å². The van der Waals surface area contributed by atoms with E-state index in [0.717, 1.165) is 25.9 Å². The zero-order valence-corrected chi connectivity index (χ0v) is 10.2. The standard InChI is InChI=1S/C12H23NO2/c1-4-5-7-14-9-10-15-8-6-12(2,3)11-13/h4-10H2,1-3H3. The summed E-state index contributed by atoms with van der Waals surface area (Å²) in [6, 6.07) is 2.25. The van der Waals surface area contributed by atoms with Crippen molar-refractivity contribution in [2.24, 2.45) is 5.41 Å². The first-order valence-electron chi connectivity index (χ1n) is 5.69. The van der Waals surface area contributed by atoms with Crippen molar-refractivity contribution >= 4 is 0 Å². The van der Waals surface area contributed by atoms with Crippen LogP contribution >= 0.6 is 0 Å². The Labute approximate surface area is 93.4 Å². The summed E-state index contributed by atoms with van der Waals surface area (Å²) in [5.41, 5.74) is -0.275. The predicted octanol–water partition coefficient (Wildman–Crippen LogP) is 2.76. The summed E-state index contributed by atoms with van der Waals surface area (Å²) in [7, 11) is 0. The molecule has 15 heavy (non-hydrogen) atoms. The quantitative estimate of drug-likeness (QED) is 0.553. The van der Waals surface area contributed by atoms with E-state index in [9.17, 15) is 0 Å². The van der Waals surface area contributed by atoms with Crippen molar-refractivity contribution in [1.82, 2.24) is 0 Å². The molecule has 3 nitrogen and oxygen atoms in total. The molecule has 0 aliphatic heterocycles. The van der Waals surface area contributed by atoms with Crippen LogP contribution in [-0.2, 0) is 9.47 Å². The van der Waals surface area contributed by atoms with Crippen molar-refractivity contribution in [3.63, 3.8) is 0 Å². The van der Waals surface area contributed by atoms with Crippen LogP contribution in [0, 0.1) is 16.7 Å². The maximum Gasteiger partial charge on any atom is 0.0700 e. The lowest BCUT2D eigenvalue weighted by molar-refractivity contribution is 0.0401. The van der Waals surface area contributed by atoms with Gasteiger partial charge in [0.15, 0.2) is 0 Å². The second-order valence-electron chi connectivity index (χ2n) is 4.32. The first-order valence-corrected chi connectivity index (χ1v) is 5.69. The summed E-state index contributed by atoms with van der Waals surface area (Å²) in [4.78, 5) is 0. The third-order valence-corrected chi connectivity index (χ3v) is 2.19. The third kappa shape index (κ3) is 9.71. The number of nitrogens with zero attached hydrogens (tertiary/aromatic N) is 1. The van der Waals surface area contributed by atoms with Crippen LogP contribution < -0.4 is 0 Å². The number of ether oxygens (including phenoxy) is 2. The van der Waals surface area contributed by atoms with E-state index in [1.54, 1.807) is 0 Å². The molecule has 0 N–H and O–H groups in total. The van der Waals surface area contributed by atoms with Crippen molar-refractivity contribution in [2.45, 2.75) is 40.0 Å². The van der Waals surface area contributed by atoms with Crippen LogP contribution in [0.1, 0.15) is 40.0 Å². The molecule has 0 atom stereocenters. The van der Waals surface area contributed by atoms with Crippen LogP contribution in [-0.4, -0.2) is 26.4 Å². The molecule has 0 bridgehead atoms. The maximum absolute atomic E-state index is 8.76. The van der Waals surface area contributed by atoms with Gasteiger partial charge in [0.1, 0.15) is 0 Å². The zero-order chi connectivity index (χ0) is 11.6. The van der Waals surface area contributed by atoms with Crippen LogP contribution in [0.3, 0.4) is 0 Å². The minimum atomic E-state index is -0.275. The van der Waals surface area contributed by atoms with Gasteiger partial charge in [0.05, 0.1) is 24.7 Å². The molecule has 0 rings (SSSR count). The summed E-state index contributed by atoms with van der Waals surface area (Å²) < 4.78 is 10.7. The van der Waals surface area contributed by atoms with Crippen molar-refractivity contribution in [3.05, 3.63) is 0 Å². The largest absolute Gasteiger partial charge is 0.379 e. The van der Waals surface area contributed by atoms with Gasteiger partial charge in [0.2, 0.25) is 0 Å². The van der Waals surface area contributed by atoms with E-state index in [2.05, 4.69) is 13.0 Å². The second-order valence-corrected chi connectivity index (χ2v) is 4.32. The Kier molecular flexibility index (Phi) is 8.35. The molecule has 0 aliphatic carbocycles. The van der Waals surface area contributed by atoms with Gasteiger partial charge < -0.3 is 9.47 Å². The van der Waals surface area contributed by atoms with Gasteiger partial charge in [-0.3, -0.25) is 0 Å². The maximum atomic E-state index is 8.76. The SMILES string of the molecule is CCCCOCCOCCC(C)(C)C#N. The van der Waals surface area contributed by atoms with Gasteiger partial charge in [0.25, 0.3) is 0 Å². The Bertz CT molecular complexity index is 185. The average Bonchev–Trinajstić information content (AvgIpc) is 2.22. The number of hydrogen-bond donors (Lipinski definition) is 0. The lowest BCUT2D eigenvalue weighted by atomic mass is 9.92. The van der Waals surface area contributed by atoms with Gasteiger partial charge >= 0.3 is 0 Å². The molecule has 88 valence electrons. The first-order chi connectivity index (χ1) is 7.12. The fourth-order valence-electron chi connectivity index (χ4n) is 0.952. The fraction of sp³-hybridized carbons (Fsp3) is 0.917. The Balaban J connectivity index is 3.16. The molecule has 3 heteroatoms. The summed E-state index contributed by atoms with van der Waals surface area (Å²) >= 11 is 0. The molecular formula is C12H23NO2. The summed E-state index contributed by atoms with van der Waals surface area (Å²) in [5.74, 6) is 0. The third-order valence-electron chi connectivity index (χ3n) is 2.19. The fourth-order valence-corrected chi connectivity index (χ4v) is 0.952. The van der Waals surface area contributed by atoms with E-state index in [0.29, 0.717) is 19.8 Å². The molecule has 0 saturated heterocycles. The lowest BCUT2D eigenvalue weighted by Gasteiger charge is -2.14. The smallest absolute Gasteiger partial charge is 0.0700 e. The van der Waals surface area contributed by atoms with Crippen LogP contribution in [0.15, 0.2) is 0 Å². The number of unbranched alkanes of at least 4 members (excludes halogenated alkanes) is 1. The van der Waals surface area contributed by atoms with Crippen LogP contribution in [0.25, 0.3) is 0 Å².